The highest BCUT2D eigenvalue weighted by Crippen LogP contribution is 2.29. The maximum Gasteiger partial charge on any atom is 0.416 e. The molecular formula is C14H16BrF3N2O. The molecule has 0 spiro atoms. The number of hydrogen-bond acceptors (Lipinski definition) is 2. The van der Waals surface area contributed by atoms with Crippen molar-refractivity contribution >= 4 is 21.8 Å². The molecule has 1 fully saturated rings. The number of carbonyl (C=O) groups excluding carboxylic acids is 1. The van der Waals surface area contributed by atoms with Gasteiger partial charge in [0, 0.05) is 43.6 Å². The van der Waals surface area contributed by atoms with E-state index in [0.717, 1.165) is 37.1 Å². The Bertz CT molecular complexity index is 482. The summed E-state index contributed by atoms with van der Waals surface area (Å²) in [6, 6.07) is 4.40. The number of hydrogen-bond donors (Lipinski definition) is 0. The Balaban J connectivity index is 1.98. The van der Waals surface area contributed by atoms with Gasteiger partial charge in [0.2, 0.25) is 0 Å². The van der Waals surface area contributed by atoms with Gasteiger partial charge in [-0.1, -0.05) is 15.9 Å². The van der Waals surface area contributed by atoms with Crippen LogP contribution in [-0.2, 0) is 6.18 Å². The largest absolute Gasteiger partial charge is 0.416 e. The second kappa shape index (κ2) is 6.79. The molecule has 1 amide bonds. The summed E-state index contributed by atoms with van der Waals surface area (Å²) >= 11 is 3.37. The van der Waals surface area contributed by atoms with Crippen molar-refractivity contribution in [2.45, 2.75) is 6.18 Å². The van der Waals surface area contributed by atoms with Crippen molar-refractivity contribution in [2.75, 3.05) is 38.1 Å². The molecule has 3 nitrogen and oxygen atoms in total. The molecule has 7 heteroatoms. The van der Waals surface area contributed by atoms with Gasteiger partial charge in [-0.2, -0.15) is 13.2 Å². The molecule has 0 radical (unpaired) electrons. The molecule has 0 aromatic heterocycles. The molecule has 116 valence electrons. The van der Waals surface area contributed by atoms with Crippen LogP contribution >= 0.6 is 15.9 Å². The van der Waals surface area contributed by atoms with Gasteiger partial charge in [-0.15, -0.1) is 0 Å². The van der Waals surface area contributed by atoms with E-state index in [9.17, 15) is 18.0 Å². The Morgan fingerprint density at radius 3 is 2.14 bits per heavy atom. The lowest BCUT2D eigenvalue weighted by atomic mass is 10.1. The Morgan fingerprint density at radius 2 is 1.67 bits per heavy atom. The van der Waals surface area contributed by atoms with E-state index >= 15 is 0 Å². The van der Waals surface area contributed by atoms with Crippen molar-refractivity contribution in [3.8, 4) is 0 Å². The number of alkyl halides is 4. The molecule has 1 heterocycles. The average molecular weight is 365 g/mol. The zero-order valence-electron chi connectivity index (χ0n) is 11.4. The van der Waals surface area contributed by atoms with Crippen LogP contribution in [0.5, 0.6) is 0 Å². The summed E-state index contributed by atoms with van der Waals surface area (Å²) in [7, 11) is 0. The lowest BCUT2D eigenvalue weighted by Crippen LogP contribution is -2.49. The molecule has 1 aromatic rings. The first-order chi connectivity index (χ1) is 9.91. The summed E-state index contributed by atoms with van der Waals surface area (Å²) in [5, 5.41) is 0.889. The van der Waals surface area contributed by atoms with Gasteiger partial charge in [0.25, 0.3) is 5.91 Å². The standard InChI is InChI=1S/C14H16BrF3N2O/c15-5-6-19-7-9-20(10-8-19)13(21)11-1-3-12(4-2-11)14(16,17)18/h1-4H,5-10H2. The summed E-state index contributed by atoms with van der Waals surface area (Å²) in [6.45, 7) is 3.72. The Hall–Kier alpha value is -1.08. The normalized spacial score (nSPS) is 17.0. The van der Waals surface area contributed by atoms with Crippen LogP contribution in [-0.4, -0.2) is 53.8 Å². The fraction of sp³-hybridized carbons (Fsp3) is 0.500. The van der Waals surface area contributed by atoms with Crippen molar-refractivity contribution in [1.29, 1.82) is 0 Å². The van der Waals surface area contributed by atoms with Gasteiger partial charge in [0.05, 0.1) is 5.56 Å². The Labute approximate surface area is 129 Å². The molecule has 1 aliphatic heterocycles. The third-order valence-electron chi connectivity index (χ3n) is 3.52. The Morgan fingerprint density at radius 1 is 1.10 bits per heavy atom. The van der Waals surface area contributed by atoms with Crippen LogP contribution < -0.4 is 0 Å². The first-order valence-electron chi connectivity index (χ1n) is 6.66. The summed E-state index contributed by atoms with van der Waals surface area (Å²) in [6.07, 6.45) is -4.37. The quantitative estimate of drug-likeness (QED) is 0.770. The van der Waals surface area contributed by atoms with Crippen molar-refractivity contribution in [1.82, 2.24) is 9.80 Å². The number of nitrogens with zero attached hydrogens (tertiary/aromatic N) is 2. The second-order valence-corrected chi connectivity index (χ2v) is 5.69. The second-order valence-electron chi connectivity index (χ2n) is 4.90. The minimum Gasteiger partial charge on any atom is -0.336 e. The number of rotatable bonds is 3. The van der Waals surface area contributed by atoms with E-state index in [-0.39, 0.29) is 5.91 Å². The SMILES string of the molecule is O=C(c1ccc(C(F)(F)F)cc1)N1CCN(CCBr)CC1. The first kappa shape index (κ1) is 16.3. The van der Waals surface area contributed by atoms with Crippen molar-refractivity contribution in [2.24, 2.45) is 0 Å². The molecule has 0 bridgehead atoms. The van der Waals surface area contributed by atoms with Gasteiger partial charge in [-0.05, 0) is 24.3 Å². The van der Waals surface area contributed by atoms with Crippen molar-refractivity contribution in [3.63, 3.8) is 0 Å². The molecule has 1 saturated heterocycles. The molecule has 0 aliphatic carbocycles. The van der Waals surface area contributed by atoms with E-state index in [1.54, 1.807) is 4.90 Å². The van der Waals surface area contributed by atoms with E-state index in [0.29, 0.717) is 18.7 Å². The summed E-state index contributed by atoms with van der Waals surface area (Å²) in [5.41, 5.74) is -0.432. The van der Waals surface area contributed by atoms with Crippen LogP contribution in [0.4, 0.5) is 13.2 Å². The lowest BCUT2D eigenvalue weighted by molar-refractivity contribution is -0.137. The summed E-state index contributed by atoms with van der Waals surface area (Å²) in [4.78, 5) is 16.2. The van der Waals surface area contributed by atoms with Gasteiger partial charge in [-0.25, -0.2) is 0 Å². The smallest absolute Gasteiger partial charge is 0.336 e. The summed E-state index contributed by atoms with van der Waals surface area (Å²) in [5.74, 6) is -0.206. The maximum atomic E-state index is 12.5. The molecule has 0 unspecified atom stereocenters. The fourth-order valence-corrected chi connectivity index (χ4v) is 2.78. The third-order valence-corrected chi connectivity index (χ3v) is 3.87. The van der Waals surface area contributed by atoms with Crippen LogP contribution in [0.3, 0.4) is 0 Å². The van der Waals surface area contributed by atoms with Gasteiger partial charge >= 0.3 is 6.18 Å². The molecule has 2 rings (SSSR count). The van der Waals surface area contributed by atoms with Gasteiger partial charge in [-0.3, -0.25) is 9.69 Å². The minimum absolute atomic E-state index is 0.206. The highest BCUT2D eigenvalue weighted by atomic mass is 79.9. The van der Waals surface area contributed by atoms with Crippen LogP contribution in [0.25, 0.3) is 0 Å². The third kappa shape index (κ3) is 4.20. The molecule has 1 aromatic carbocycles. The van der Waals surface area contributed by atoms with E-state index in [2.05, 4.69) is 20.8 Å². The molecule has 21 heavy (non-hydrogen) atoms. The predicted molar refractivity (Wildman–Crippen MR) is 77.6 cm³/mol. The summed E-state index contributed by atoms with van der Waals surface area (Å²) < 4.78 is 37.5. The lowest BCUT2D eigenvalue weighted by Gasteiger charge is -2.34. The topological polar surface area (TPSA) is 23.6 Å². The number of carbonyl (C=O) groups is 1. The van der Waals surface area contributed by atoms with Crippen LogP contribution in [0, 0.1) is 0 Å². The number of piperazine rings is 1. The highest BCUT2D eigenvalue weighted by molar-refractivity contribution is 9.09. The number of benzene rings is 1. The molecule has 0 saturated carbocycles. The molecular weight excluding hydrogens is 349 g/mol. The monoisotopic (exact) mass is 364 g/mol. The molecule has 0 N–H and O–H groups in total. The highest BCUT2D eigenvalue weighted by Gasteiger charge is 2.30. The van der Waals surface area contributed by atoms with E-state index < -0.39 is 11.7 Å². The van der Waals surface area contributed by atoms with E-state index in [1.807, 2.05) is 0 Å². The van der Waals surface area contributed by atoms with E-state index in [1.165, 1.54) is 12.1 Å². The molecule has 1 aliphatic rings. The van der Waals surface area contributed by atoms with Gasteiger partial charge in [0.15, 0.2) is 0 Å². The number of amides is 1. The predicted octanol–water partition coefficient (Wildman–Crippen LogP) is 2.86. The van der Waals surface area contributed by atoms with Crippen molar-refractivity contribution < 1.29 is 18.0 Å². The maximum absolute atomic E-state index is 12.5. The van der Waals surface area contributed by atoms with E-state index in [4.69, 9.17) is 0 Å². The zero-order chi connectivity index (χ0) is 15.5. The first-order valence-corrected chi connectivity index (χ1v) is 7.79. The average Bonchev–Trinajstić information content (AvgIpc) is 2.47. The fourth-order valence-electron chi connectivity index (χ4n) is 2.28. The van der Waals surface area contributed by atoms with Crippen LogP contribution in [0.2, 0.25) is 0 Å². The van der Waals surface area contributed by atoms with Crippen LogP contribution in [0.1, 0.15) is 15.9 Å². The van der Waals surface area contributed by atoms with Crippen molar-refractivity contribution in [3.05, 3.63) is 35.4 Å². The zero-order valence-corrected chi connectivity index (χ0v) is 13.0. The Kier molecular flexibility index (Phi) is 5.27. The van der Waals surface area contributed by atoms with Gasteiger partial charge in [0.1, 0.15) is 0 Å². The number of halogens is 4. The minimum atomic E-state index is -4.37. The van der Waals surface area contributed by atoms with Crippen LogP contribution in [0.15, 0.2) is 24.3 Å². The molecule has 0 atom stereocenters. The van der Waals surface area contributed by atoms with Gasteiger partial charge < -0.3 is 4.90 Å².